The Labute approximate surface area is 381 Å². The van der Waals surface area contributed by atoms with E-state index in [1.165, 1.54) is 24.4 Å². The molecule has 6 amide bonds. The van der Waals surface area contributed by atoms with E-state index >= 15 is 0 Å². The van der Waals surface area contributed by atoms with Crippen molar-refractivity contribution < 1.29 is 42.4 Å². The number of benzene rings is 3. The Bertz CT molecular complexity index is 2690. The fraction of sp³-hybridized carbons (Fsp3) is 0.378. The van der Waals surface area contributed by atoms with Crippen molar-refractivity contribution in [3.63, 3.8) is 0 Å². The van der Waals surface area contributed by atoms with Crippen molar-refractivity contribution in [2.24, 2.45) is 0 Å². The molecular formula is C45H50ClN9O9S. The maximum Gasteiger partial charge on any atom is 0.264 e. The van der Waals surface area contributed by atoms with Crippen LogP contribution in [0.25, 0.3) is 0 Å². The first-order valence-corrected chi connectivity index (χ1v) is 23.2. The SMILES string of the molecule is Cc1cc(Nc2ncc(Cl)c(Nc3ccccc3S(=N)(=O)C(C)C)n2)c(OC(C)C)cc1C1CCN(C(=O)COCC(=O)Nc2cccc3c2C(=O)N(C2CCC(=O)NC2=O)C3=O)CC1. The highest BCUT2D eigenvalue weighted by Crippen LogP contribution is 2.39. The number of hydrogen-bond donors (Lipinski definition) is 5. The second-order valence-corrected chi connectivity index (χ2v) is 19.5. The van der Waals surface area contributed by atoms with Gasteiger partial charge in [0.1, 0.15) is 30.0 Å². The minimum atomic E-state index is -3.12. The molecule has 0 spiro atoms. The number of aryl methyl sites for hydroxylation is 1. The lowest BCUT2D eigenvalue weighted by Gasteiger charge is -2.33. The Morgan fingerprint density at radius 1 is 0.938 bits per heavy atom. The van der Waals surface area contributed by atoms with Crippen LogP contribution in [0.1, 0.15) is 91.1 Å². The zero-order valence-corrected chi connectivity index (χ0v) is 38.1. The molecule has 0 bridgehead atoms. The van der Waals surface area contributed by atoms with E-state index in [0.29, 0.717) is 48.0 Å². The first kappa shape index (κ1) is 46.5. The summed E-state index contributed by atoms with van der Waals surface area (Å²) in [5.74, 6) is -2.44. The maximum absolute atomic E-state index is 13.4. The van der Waals surface area contributed by atoms with Crippen molar-refractivity contribution in [1.29, 1.82) is 4.78 Å². The van der Waals surface area contributed by atoms with Gasteiger partial charge < -0.3 is 30.3 Å². The van der Waals surface area contributed by atoms with Crippen LogP contribution in [0.5, 0.6) is 5.75 Å². The summed E-state index contributed by atoms with van der Waals surface area (Å²) in [6.45, 7) is 9.40. The van der Waals surface area contributed by atoms with Gasteiger partial charge >= 0.3 is 0 Å². The maximum atomic E-state index is 13.4. The summed E-state index contributed by atoms with van der Waals surface area (Å²) in [5, 5.41) is 11.0. The number of fused-ring (bicyclic) bond motifs is 1. The lowest BCUT2D eigenvalue weighted by molar-refractivity contribution is -0.139. The molecule has 2 saturated heterocycles. The van der Waals surface area contributed by atoms with Crippen LogP contribution in [0.4, 0.5) is 28.8 Å². The summed E-state index contributed by atoms with van der Waals surface area (Å²) in [6.07, 6.45) is 2.60. The van der Waals surface area contributed by atoms with Gasteiger partial charge in [0.2, 0.25) is 29.6 Å². The second kappa shape index (κ2) is 19.3. The monoisotopic (exact) mass is 927 g/mol. The minimum Gasteiger partial charge on any atom is -0.489 e. The molecule has 18 nitrogen and oxygen atoms in total. The molecule has 5 N–H and O–H groups in total. The van der Waals surface area contributed by atoms with Crippen molar-refractivity contribution in [3.05, 3.63) is 88.1 Å². The summed E-state index contributed by atoms with van der Waals surface area (Å²) in [5.41, 5.74) is 3.15. The number of halogens is 1. The van der Waals surface area contributed by atoms with Gasteiger partial charge in [-0.15, -0.1) is 0 Å². The number of hydrogen-bond acceptors (Lipinski definition) is 14. The number of carbonyl (C=O) groups excluding carboxylic acids is 6. The average molecular weight is 928 g/mol. The van der Waals surface area contributed by atoms with Crippen molar-refractivity contribution in [3.8, 4) is 5.75 Å². The summed E-state index contributed by atoms with van der Waals surface area (Å²) in [4.78, 5) is 88.6. The topological polar surface area (TPSA) is 242 Å². The van der Waals surface area contributed by atoms with E-state index in [1.807, 2.05) is 32.9 Å². The van der Waals surface area contributed by atoms with Crippen LogP contribution in [0.15, 0.2) is 65.7 Å². The average Bonchev–Trinajstić information content (AvgIpc) is 3.51. The number of aromatic nitrogens is 2. The van der Waals surface area contributed by atoms with Crippen LogP contribution in [-0.2, 0) is 33.6 Å². The first-order valence-electron chi connectivity index (χ1n) is 21.2. The molecule has 2 unspecified atom stereocenters. The highest BCUT2D eigenvalue weighted by Gasteiger charge is 2.45. The largest absolute Gasteiger partial charge is 0.489 e. The molecule has 3 aromatic carbocycles. The van der Waals surface area contributed by atoms with Crippen LogP contribution >= 0.6 is 11.6 Å². The van der Waals surface area contributed by atoms with E-state index in [-0.39, 0.29) is 71.0 Å². The van der Waals surface area contributed by atoms with Gasteiger partial charge in [0, 0.05) is 24.8 Å². The Kier molecular flexibility index (Phi) is 13.9. The lowest BCUT2D eigenvalue weighted by Crippen LogP contribution is -2.54. The zero-order valence-electron chi connectivity index (χ0n) is 36.5. The zero-order chi connectivity index (χ0) is 46.7. The number of para-hydroxylation sites is 1. The fourth-order valence-electron chi connectivity index (χ4n) is 8.01. The van der Waals surface area contributed by atoms with Gasteiger partial charge in [-0.25, -0.2) is 14.0 Å². The summed E-state index contributed by atoms with van der Waals surface area (Å²) >= 11 is 6.52. The standard InChI is InChI=1S/C45H50ClN9O9S/c1-24(2)64-35-20-29(26(5)19-33(35)51-45-48-21-30(46)41(53-45)50-31-10-6-7-12-36(31)65(47,62)25(3)4)27-15-17-54(18-16-27)39(58)23-63-22-38(57)49-32-11-8-9-28-40(32)44(61)55(43(28)60)34-13-14-37(56)52-42(34)59/h6-12,19-21,24-25,27,34,47H,13-18,22-23H2,1-5H3,(H,49,57)(H,52,56,59)(H2,48,50,51,53). The van der Waals surface area contributed by atoms with E-state index in [4.69, 9.17) is 25.9 Å². The summed E-state index contributed by atoms with van der Waals surface area (Å²) in [7, 11) is -3.12. The van der Waals surface area contributed by atoms with Crippen LogP contribution < -0.4 is 26.0 Å². The molecule has 3 aliphatic rings. The lowest BCUT2D eigenvalue weighted by atomic mass is 9.86. The van der Waals surface area contributed by atoms with Gasteiger partial charge in [0.05, 0.1) is 55.1 Å². The summed E-state index contributed by atoms with van der Waals surface area (Å²) < 4.78 is 33.6. The third-order valence-electron chi connectivity index (χ3n) is 11.3. The highest BCUT2D eigenvalue weighted by atomic mass is 35.5. The molecule has 0 saturated carbocycles. The number of ether oxygens (including phenoxy) is 2. The van der Waals surface area contributed by atoms with Crippen LogP contribution in [0, 0.1) is 11.7 Å². The van der Waals surface area contributed by atoms with Crippen LogP contribution in [0.2, 0.25) is 5.02 Å². The normalized spacial score (nSPS) is 17.5. The van der Waals surface area contributed by atoms with Gasteiger partial charge in [-0.3, -0.25) is 39.0 Å². The van der Waals surface area contributed by atoms with Gasteiger partial charge in [-0.2, -0.15) is 4.98 Å². The second-order valence-electron chi connectivity index (χ2n) is 16.5. The predicted molar refractivity (Wildman–Crippen MR) is 242 cm³/mol. The number of nitrogens with zero attached hydrogens (tertiary/aromatic N) is 4. The third-order valence-corrected chi connectivity index (χ3v) is 14.0. The van der Waals surface area contributed by atoms with Gasteiger partial charge in [0.15, 0.2) is 5.82 Å². The van der Waals surface area contributed by atoms with Gasteiger partial charge in [-0.1, -0.05) is 29.8 Å². The molecule has 1 aromatic heterocycles. The molecule has 20 heteroatoms. The molecule has 0 radical (unpaired) electrons. The molecule has 65 heavy (non-hydrogen) atoms. The number of likely N-dealkylation sites (tertiary alicyclic amines) is 1. The van der Waals surface area contributed by atoms with Crippen LogP contribution in [0.3, 0.4) is 0 Å². The van der Waals surface area contributed by atoms with Crippen molar-refractivity contribution in [1.82, 2.24) is 25.1 Å². The van der Waals surface area contributed by atoms with E-state index in [9.17, 15) is 33.0 Å². The van der Waals surface area contributed by atoms with E-state index in [0.717, 1.165) is 16.0 Å². The molecular weight excluding hydrogens is 878 g/mol. The Balaban J connectivity index is 0.945. The molecule has 0 aliphatic carbocycles. The molecule has 3 aliphatic heterocycles. The predicted octanol–water partition coefficient (Wildman–Crippen LogP) is 6.29. The Morgan fingerprint density at radius 3 is 2.37 bits per heavy atom. The molecule has 4 heterocycles. The van der Waals surface area contributed by atoms with Gasteiger partial charge in [0.25, 0.3) is 11.8 Å². The molecule has 342 valence electrons. The van der Waals surface area contributed by atoms with E-state index in [2.05, 4.69) is 31.2 Å². The number of carbonyl (C=O) groups is 6. The summed E-state index contributed by atoms with van der Waals surface area (Å²) in [6, 6.07) is 14.1. The smallest absolute Gasteiger partial charge is 0.264 e. The number of anilines is 5. The Hall–Kier alpha value is -6.44. The number of amides is 6. The third kappa shape index (κ3) is 10.1. The quantitative estimate of drug-likeness (QED) is 0.0825. The number of piperidine rings is 2. The molecule has 2 fully saturated rings. The van der Waals surface area contributed by atoms with Gasteiger partial charge in [-0.05, 0) is 107 Å². The van der Waals surface area contributed by atoms with Crippen molar-refractivity contribution in [2.75, 3.05) is 42.3 Å². The van der Waals surface area contributed by atoms with E-state index in [1.54, 1.807) is 43.0 Å². The molecule has 2 atom stereocenters. The number of imide groups is 2. The van der Waals surface area contributed by atoms with Crippen LogP contribution in [-0.4, -0.2) is 103 Å². The fourth-order valence-corrected chi connectivity index (χ4v) is 9.38. The molecule has 4 aromatic rings. The molecule has 7 rings (SSSR count). The van der Waals surface area contributed by atoms with Crippen molar-refractivity contribution in [2.45, 2.75) is 88.5 Å². The number of nitrogens with one attached hydrogen (secondary N) is 5. The number of rotatable bonds is 15. The van der Waals surface area contributed by atoms with Crippen molar-refractivity contribution >= 4 is 85.6 Å². The van der Waals surface area contributed by atoms with E-state index < -0.39 is 57.2 Å². The highest BCUT2D eigenvalue weighted by molar-refractivity contribution is 7.93. The minimum absolute atomic E-state index is 0.00298. The first-order chi connectivity index (χ1) is 30.9. The Morgan fingerprint density at radius 2 is 1.66 bits per heavy atom.